The lowest BCUT2D eigenvalue weighted by Gasteiger charge is -2.21. The quantitative estimate of drug-likeness (QED) is 0.795. The molecule has 0 spiro atoms. The van der Waals surface area contributed by atoms with Crippen LogP contribution >= 0.6 is 0 Å². The molecule has 4 nitrogen and oxygen atoms in total. The number of aromatic hydroxyl groups is 1. The fourth-order valence-electron chi connectivity index (χ4n) is 2.90. The van der Waals surface area contributed by atoms with Gasteiger partial charge in [0.05, 0.1) is 17.3 Å². The molecule has 20 heavy (non-hydrogen) atoms. The van der Waals surface area contributed by atoms with Crippen molar-refractivity contribution in [1.29, 1.82) is 0 Å². The molecular weight excluding hydrogens is 252 g/mol. The van der Waals surface area contributed by atoms with Crippen LogP contribution in [-0.2, 0) is 6.42 Å². The van der Waals surface area contributed by atoms with Gasteiger partial charge in [-0.2, -0.15) is 0 Å². The summed E-state index contributed by atoms with van der Waals surface area (Å²) in [5.74, 6) is 0.0589. The molecular formula is C16H12N2O2. The second kappa shape index (κ2) is 3.93. The van der Waals surface area contributed by atoms with Crippen LogP contribution in [0.1, 0.15) is 15.9 Å². The first-order chi connectivity index (χ1) is 9.74. The number of hydrogen-bond donors (Lipinski definition) is 1. The Morgan fingerprint density at radius 3 is 2.95 bits per heavy atom. The van der Waals surface area contributed by atoms with Gasteiger partial charge in [-0.15, -0.1) is 0 Å². The summed E-state index contributed by atoms with van der Waals surface area (Å²) >= 11 is 0. The SMILES string of the molecule is O=C1c2ccc(O)cc2N=C[C@@H]2Cc3ccccc3N12. The summed E-state index contributed by atoms with van der Waals surface area (Å²) in [6, 6.07) is 12.6. The highest BCUT2D eigenvalue weighted by Gasteiger charge is 2.35. The summed E-state index contributed by atoms with van der Waals surface area (Å²) in [7, 11) is 0. The van der Waals surface area contributed by atoms with Gasteiger partial charge in [0.1, 0.15) is 5.75 Å². The highest BCUT2D eigenvalue weighted by molar-refractivity contribution is 6.14. The first kappa shape index (κ1) is 11.2. The van der Waals surface area contributed by atoms with Crippen LogP contribution in [0.25, 0.3) is 0 Å². The van der Waals surface area contributed by atoms with Gasteiger partial charge >= 0.3 is 0 Å². The minimum Gasteiger partial charge on any atom is -0.508 e. The molecule has 4 heteroatoms. The number of para-hydroxylation sites is 1. The van der Waals surface area contributed by atoms with Crippen LogP contribution in [0.2, 0.25) is 0 Å². The number of hydrogen-bond acceptors (Lipinski definition) is 3. The maximum Gasteiger partial charge on any atom is 0.261 e. The molecule has 0 saturated carbocycles. The standard InChI is InChI=1S/C16H12N2O2/c19-12-5-6-13-14(8-12)17-9-11-7-10-3-1-2-4-15(10)18(11)16(13)20/h1-6,8-9,11,19H,7H2/t11-/m0/s1. The summed E-state index contributed by atoms with van der Waals surface area (Å²) in [5, 5.41) is 9.53. The Kier molecular flexibility index (Phi) is 2.21. The fraction of sp³-hybridized carbons (Fsp3) is 0.125. The summed E-state index contributed by atoms with van der Waals surface area (Å²) in [6.45, 7) is 0. The van der Waals surface area contributed by atoms with Crippen molar-refractivity contribution < 1.29 is 9.90 Å². The maximum atomic E-state index is 12.8. The van der Waals surface area contributed by atoms with Crippen molar-refractivity contribution in [3.8, 4) is 5.75 Å². The van der Waals surface area contributed by atoms with E-state index in [0.29, 0.717) is 11.3 Å². The average Bonchev–Trinajstić information content (AvgIpc) is 2.76. The molecule has 0 aromatic heterocycles. The molecule has 2 heterocycles. The smallest absolute Gasteiger partial charge is 0.261 e. The zero-order chi connectivity index (χ0) is 13.7. The van der Waals surface area contributed by atoms with Crippen LogP contribution in [0.3, 0.4) is 0 Å². The number of phenols is 1. The third-order valence-corrected chi connectivity index (χ3v) is 3.83. The number of anilines is 1. The van der Waals surface area contributed by atoms with Gasteiger partial charge in [-0.25, -0.2) is 0 Å². The van der Waals surface area contributed by atoms with Gasteiger partial charge in [0.15, 0.2) is 0 Å². The molecule has 2 aromatic carbocycles. The first-order valence-corrected chi connectivity index (χ1v) is 6.53. The molecule has 0 radical (unpaired) electrons. The highest BCUT2D eigenvalue weighted by atomic mass is 16.3. The Morgan fingerprint density at radius 1 is 1.20 bits per heavy atom. The molecule has 0 saturated heterocycles. The molecule has 2 aliphatic rings. The summed E-state index contributed by atoms with van der Waals surface area (Å²) in [6.07, 6.45) is 2.58. The van der Waals surface area contributed by atoms with Crippen molar-refractivity contribution in [3.63, 3.8) is 0 Å². The van der Waals surface area contributed by atoms with Crippen molar-refractivity contribution in [2.24, 2.45) is 4.99 Å². The predicted molar refractivity (Wildman–Crippen MR) is 77.0 cm³/mol. The van der Waals surface area contributed by atoms with Crippen LogP contribution in [0.4, 0.5) is 11.4 Å². The van der Waals surface area contributed by atoms with E-state index in [1.54, 1.807) is 17.2 Å². The lowest BCUT2D eigenvalue weighted by Crippen LogP contribution is -2.37. The van der Waals surface area contributed by atoms with Gasteiger partial charge in [0.2, 0.25) is 0 Å². The average molecular weight is 264 g/mol. The van der Waals surface area contributed by atoms with E-state index in [0.717, 1.165) is 12.1 Å². The van der Waals surface area contributed by atoms with Crippen LogP contribution in [0.15, 0.2) is 47.5 Å². The molecule has 2 aromatic rings. The van der Waals surface area contributed by atoms with Gasteiger partial charge < -0.3 is 5.11 Å². The van der Waals surface area contributed by atoms with Gasteiger partial charge in [-0.05, 0) is 23.8 Å². The number of phenolic OH excluding ortho intramolecular Hbond substituents is 1. The van der Waals surface area contributed by atoms with Crippen LogP contribution in [-0.4, -0.2) is 23.3 Å². The van der Waals surface area contributed by atoms with Crippen LogP contribution in [0, 0.1) is 0 Å². The molecule has 1 atom stereocenters. The molecule has 1 N–H and O–H groups in total. The number of nitrogens with zero attached hydrogens (tertiary/aromatic N) is 2. The summed E-state index contributed by atoms with van der Waals surface area (Å²) in [4.78, 5) is 18.9. The molecule has 0 aliphatic carbocycles. The van der Waals surface area contributed by atoms with Gasteiger partial charge in [-0.1, -0.05) is 18.2 Å². The van der Waals surface area contributed by atoms with E-state index in [-0.39, 0.29) is 17.7 Å². The minimum absolute atomic E-state index is 0.0468. The number of carbonyl (C=O) groups is 1. The van der Waals surface area contributed by atoms with Gasteiger partial charge in [0.25, 0.3) is 5.91 Å². The Hall–Kier alpha value is -2.62. The largest absolute Gasteiger partial charge is 0.508 e. The number of carbonyl (C=O) groups excluding carboxylic acids is 1. The lowest BCUT2D eigenvalue weighted by molar-refractivity contribution is 0.0987. The van der Waals surface area contributed by atoms with Crippen LogP contribution in [0.5, 0.6) is 5.75 Å². The van der Waals surface area contributed by atoms with Crippen LogP contribution < -0.4 is 4.90 Å². The van der Waals surface area contributed by atoms with E-state index >= 15 is 0 Å². The van der Waals surface area contributed by atoms with E-state index in [4.69, 9.17) is 0 Å². The van der Waals surface area contributed by atoms with Crippen molar-refractivity contribution in [2.75, 3.05) is 4.90 Å². The molecule has 1 amide bonds. The van der Waals surface area contributed by atoms with Gasteiger partial charge in [0, 0.05) is 24.4 Å². The van der Waals surface area contributed by atoms with E-state index < -0.39 is 0 Å². The van der Waals surface area contributed by atoms with Crippen molar-refractivity contribution in [1.82, 2.24) is 0 Å². The molecule has 0 bridgehead atoms. The second-order valence-corrected chi connectivity index (χ2v) is 5.05. The topological polar surface area (TPSA) is 52.9 Å². The number of benzene rings is 2. The molecule has 98 valence electrons. The summed E-state index contributed by atoms with van der Waals surface area (Å²) < 4.78 is 0. The van der Waals surface area contributed by atoms with Gasteiger partial charge in [-0.3, -0.25) is 14.7 Å². The van der Waals surface area contributed by atoms with Crippen molar-refractivity contribution >= 4 is 23.5 Å². The molecule has 4 rings (SSSR count). The van der Waals surface area contributed by atoms with Crippen molar-refractivity contribution in [3.05, 3.63) is 53.6 Å². The number of rotatable bonds is 0. The predicted octanol–water partition coefficient (Wildman–Crippen LogP) is 2.68. The van der Waals surface area contributed by atoms with E-state index in [2.05, 4.69) is 4.99 Å². The zero-order valence-electron chi connectivity index (χ0n) is 10.7. The third kappa shape index (κ3) is 1.48. The van der Waals surface area contributed by atoms with E-state index in [9.17, 15) is 9.90 Å². The van der Waals surface area contributed by atoms with E-state index in [1.165, 1.54) is 17.7 Å². The Bertz CT molecular complexity index is 752. The Morgan fingerprint density at radius 2 is 2.05 bits per heavy atom. The Labute approximate surface area is 116 Å². The normalized spacial score (nSPS) is 19.3. The molecule has 0 unspecified atom stereocenters. The second-order valence-electron chi connectivity index (χ2n) is 5.05. The third-order valence-electron chi connectivity index (χ3n) is 3.83. The number of aliphatic imine (C=N–C) groups is 1. The van der Waals surface area contributed by atoms with E-state index in [1.807, 2.05) is 24.3 Å². The summed E-state index contributed by atoms with van der Waals surface area (Å²) in [5.41, 5.74) is 3.18. The Balaban J connectivity index is 1.89. The first-order valence-electron chi connectivity index (χ1n) is 6.53. The molecule has 2 aliphatic heterocycles. The molecule has 0 fully saturated rings. The number of fused-ring (bicyclic) bond motifs is 4. The maximum absolute atomic E-state index is 12.8. The monoisotopic (exact) mass is 264 g/mol. The highest BCUT2D eigenvalue weighted by Crippen LogP contribution is 2.37. The zero-order valence-corrected chi connectivity index (χ0v) is 10.7. The minimum atomic E-state index is -0.0625. The number of amides is 1. The van der Waals surface area contributed by atoms with Crippen molar-refractivity contribution in [2.45, 2.75) is 12.5 Å². The fourth-order valence-corrected chi connectivity index (χ4v) is 2.90. The lowest BCUT2D eigenvalue weighted by atomic mass is 10.1.